The summed E-state index contributed by atoms with van der Waals surface area (Å²) in [6.45, 7) is 9.67. The Kier molecular flexibility index (Phi) is 9.68. The van der Waals surface area contributed by atoms with Gasteiger partial charge in [0, 0.05) is 83.7 Å². The number of likely N-dealkylation sites (tertiary alicyclic amines) is 2. The summed E-state index contributed by atoms with van der Waals surface area (Å²) >= 11 is 0. The first-order valence-corrected chi connectivity index (χ1v) is 20.7. The number of pyridine rings is 4. The fourth-order valence-electron chi connectivity index (χ4n) is 9.05. The van der Waals surface area contributed by atoms with Crippen LogP contribution in [0, 0.1) is 25.7 Å². The Bertz CT molecular complexity index is 2440. The topological polar surface area (TPSA) is 140 Å². The number of nitrogens with zero attached hydrogens (tertiary/aromatic N) is 7. The number of fused-ring (bicyclic) bond motifs is 2. The predicted octanol–water partition coefficient (Wildman–Crippen LogP) is 7.40. The van der Waals surface area contributed by atoms with Crippen molar-refractivity contribution in [2.45, 2.75) is 64.1 Å². The predicted molar refractivity (Wildman–Crippen MR) is 224 cm³/mol. The molecule has 2 saturated heterocycles. The summed E-state index contributed by atoms with van der Waals surface area (Å²) < 4.78 is 26.5. The van der Waals surface area contributed by atoms with Crippen LogP contribution in [0.15, 0.2) is 61.2 Å². The lowest BCUT2D eigenvalue weighted by molar-refractivity contribution is 0.227. The molecular weight excluding hydrogens is 733 g/mol. The monoisotopic (exact) mass is 784 g/mol. The quantitative estimate of drug-likeness (QED) is 0.0956. The van der Waals surface area contributed by atoms with Gasteiger partial charge in [-0.1, -0.05) is 0 Å². The lowest BCUT2D eigenvalue weighted by atomic mass is 10.1. The molecule has 302 valence electrons. The summed E-state index contributed by atoms with van der Waals surface area (Å²) in [4.78, 5) is 27.4. The van der Waals surface area contributed by atoms with Gasteiger partial charge in [0.25, 0.3) is 0 Å². The summed E-state index contributed by atoms with van der Waals surface area (Å²) in [6.07, 6.45) is 13.7. The maximum absolute atomic E-state index is 6.44. The molecule has 4 aliphatic rings. The highest BCUT2D eigenvalue weighted by atomic mass is 16.5. The van der Waals surface area contributed by atoms with E-state index >= 15 is 0 Å². The molecule has 6 aromatic rings. The number of hydrogen-bond acceptors (Lipinski definition) is 12. The van der Waals surface area contributed by atoms with E-state index < -0.39 is 0 Å². The molecule has 0 bridgehead atoms. The van der Waals surface area contributed by atoms with Crippen molar-refractivity contribution >= 4 is 45.1 Å². The highest BCUT2D eigenvalue weighted by molar-refractivity contribution is 5.93. The highest BCUT2D eigenvalue weighted by Gasteiger charge is 2.46. The van der Waals surface area contributed by atoms with Crippen LogP contribution in [0.3, 0.4) is 0 Å². The lowest BCUT2D eigenvalue weighted by Crippen LogP contribution is -2.26. The van der Waals surface area contributed by atoms with E-state index in [1.54, 1.807) is 26.6 Å². The van der Waals surface area contributed by atoms with Gasteiger partial charge in [0.05, 0.1) is 56.9 Å². The maximum Gasteiger partial charge on any atom is 0.179 e. The zero-order valence-electron chi connectivity index (χ0n) is 33.7. The summed E-state index contributed by atoms with van der Waals surface area (Å²) in [6, 6.07) is 14.0. The van der Waals surface area contributed by atoms with Gasteiger partial charge in [-0.15, -0.1) is 0 Å². The van der Waals surface area contributed by atoms with Crippen molar-refractivity contribution in [2.75, 3.05) is 64.2 Å². The van der Waals surface area contributed by atoms with E-state index in [0.29, 0.717) is 71.8 Å². The van der Waals surface area contributed by atoms with Crippen LogP contribution >= 0.6 is 0 Å². The zero-order valence-corrected chi connectivity index (χ0v) is 33.7. The third-order valence-electron chi connectivity index (χ3n) is 12.3. The van der Waals surface area contributed by atoms with Crippen molar-refractivity contribution in [3.8, 4) is 23.0 Å². The molecule has 0 radical (unpaired) electrons. The number of hydrogen-bond donors (Lipinski definition) is 3. The molecule has 0 aromatic carbocycles. The molecule has 6 aromatic heterocycles. The number of rotatable bonds is 15. The normalized spacial score (nSPS) is 22.1. The average molecular weight is 785 g/mol. The third kappa shape index (κ3) is 7.46. The zero-order chi connectivity index (χ0) is 39.3. The number of anilines is 4. The number of aromatic amines is 1. The van der Waals surface area contributed by atoms with E-state index in [-0.39, 0.29) is 0 Å². The molecule has 3 N–H and O–H groups in total. The minimum absolute atomic E-state index is 0.410. The van der Waals surface area contributed by atoms with E-state index in [9.17, 15) is 0 Å². The number of aryl methyl sites for hydroxylation is 2. The van der Waals surface area contributed by atoms with Crippen LogP contribution in [-0.2, 0) is 0 Å². The maximum atomic E-state index is 6.44. The molecule has 4 fully saturated rings. The summed E-state index contributed by atoms with van der Waals surface area (Å²) in [7, 11) is 3.31. The number of H-pyrrole nitrogens is 1. The largest absolute Gasteiger partial charge is 0.491 e. The molecule has 2 aliphatic carbocycles. The van der Waals surface area contributed by atoms with Gasteiger partial charge in [0.1, 0.15) is 23.3 Å². The van der Waals surface area contributed by atoms with Gasteiger partial charge in [-0.2, -0.15) is 0 Å². The lowest BCUT2D eigenvalue weighted by Gasteiger charge is -2.18. The standard InChI is InChI=1S/C44H52N10O4/c1-26-15-33-31(7-11-45-33)43(48-26)50-41-18-37(39(55-3)20-46-41)58-25-29-9-13-53(23-29)35-17-36(35)54-14-10-32-34(54)16-27(2)49-44(32)51-42-19-38(40(56-4)21-47-42)57-24-28-8-12-52(22-28)30-5-6-30/h7,10-11,14-16,18-21,28-30,35-36,45H,5-6,8-9,12-13,17,22-25H2,1-4H3,(H,46,48,50)(H,47,49,51)/t28-,29?,35?,36?/m0/s1. The van der Waals surface area contributed by atoms with Gasteiger partial charge in [0.15, 0.2) is 23.0 Å². The second kappa shape index (κ2) is 15.3. The molecule has 0 spiro atoms. The molecule has 14 heteroatoms. The van der Waals surface area contributed by atoms with Gasteiger partial charge >= 0.3 is 0 Å². The molecule has 14 nitrogen and oxygen atoms in total. The van der Waals surface area contributed by atoms with Crippen molar-refractivity contribution in [3.05, 3.63) is 72.6 Å². The van der Waals surface area contributed by atoms with Gasteiger partial charge in [-0.3, -0.25) is 9.80 Å². The van der Waals surface area contributed by atoms with Crippen LogP contribution in [0.5, 0.6) is 23.0 Å². The van der Waals surface area contributed by atoms with E-state index in [0.717, 1.165) is 77.8 Å². The van der Waals surface area contributed by atoms with E-state index in [4.69, 9.17) is 28.9 Å². The fraction of sp³-hybridized carbons (Fsp3) is 0.455. The molecule has 8 heterocycles. The number of methoxy groups -OCH3 is 2. The first-order chi connectivity index (χ1) is 28.4. The Morgan fingerprint density at radius 3 is 1.98 bits per heavy atom. The van der Waals surface area contributed by atoms with Gasteiger partial charge in [-0.05, 0) is 83.3 Å². The van der Waals surface area contributed by atoms with Crippen LogP contribution < -0.4 is 29.6 Å². The van der Waals surface area contributed by atoms with E-state index in [2.05, 4.69) is 65.2 Å². The SMILES string of the molecule is COc1cnc(Nc2nc(C)cc3[nH]ccc23)cc1OCC1CCN(C2CC2n2ccc3c(Nc4cc(OC[C@H]5CCN(C6CC6)C5)c(OC)cn4)nc(C)cc32)C1. The summed E-state index contributed by atoms with van der Waals surface area (Å²) in [5.41, 5.74) is 4.08. The molecule has 0 amide bonds. The molecule has 2 aliphatic heterocycles. The Balaban J connectivity index is 0.773. The Morgan fingerprint density at radius 1 is 0.707 bits per heavy atom. The van der Waals surface area contributed by atoms with Crippen LogP contribution in [-0.4, -0.2) is 105 Å². The van der Waals surface area contributed by atoms with Gasteiger partial charge < -0.3 is 39.1 Å². The van der Waals surface area contributed by atoms with Crippen LogP contribution in [0.25, 0.3) is 21.8 Å². The molecular formula is C44H52N10O4. The van der Waals surface area contributed by atoms with E-state index in [1.807, 2.05) is 37.4 Å². The van der Waals surface area contributed by atoms with Gasteiger partial charge in [0.2, 0.25) is 0 Å². The second-order valence-corrected chi connectivity index (χ2v) is 16.5. The molecule has 58 heavy (non-hydrogen) atoms. The highest BCUT2D eigenvalue weighted by Crippen LogP contribution is 2.45. The second-order valence-electron chi connectivity index (χ2n) is 16.5. The molecule has 2 saturated carbocycles. The van der Waals surface area contributed by atoms with Crippen molar-refractivity contribution in [2.24, 2.45) is 11.8 Å². The van der Waals surface area contributed by atoms with Crippen molar-refractivity contribution < 1.29 is 18.9 Å². The van der Waals surface area contributed by atoms with E-state index in [1.165, 1.54) is 31.3 Å². The molecule has 4 atom stereocenters. The van der Waals surface area contributed by atoms with Crippen LogP contribution in [0.1, 0.15) is 49.5 Å². The number of nitrogens with one attached hydrogen (secondary N) is 3. The Hall–Kier alpha value is -5.60. The summed E-state index contributed by atoms with van der Waals surface area (Å²) in [5.74, 6) is 6.46. The summed E-state index contributed by atoms with van der Waals surface area (Å²) in [5, 5.41) is 8.99. The number of ether oxygens (including phenoxy) is 4. The molecule has 3 unspecified atom stereocenters. The van der Waals surface area contributed by atoms with Gasteiger partial charge in [-0.25, -0.2) is 19.9 Å². The fourth-order valence-corrected chi connectivity index (χ4v) is 9.05. The Labute approximate surface area is 338 Å². The Morgan fingerprint density at radius 2 is 1.33 bits per heavy atom. The van der Waals surface area contributed by atoms with Crippen molar-refractivity contribution in [1.82, 2.24) is 39.3 Å². The first-order valence-electron chi connectivity index (χ1n) is 20.7. The molecule has 10 rings (SSSR count). The smallest absolute Gasteiger partial charge is 0.179 e. The number of aromatic nitrogens is 6. The van der Waals surface area contributed by atoms with Crippen molar-refractivity contribution in [1.29, 1.82) is 0 Å². The third-order valence-corrected chi connectivity index (χ3v) is 12.3. The first kappa shape index (κ1) is 36.7. The van der Waals surface area contributed by atoms with Crippen LogP contribution in [0.4, 0.5) is 23.3 Å². The minimum atomic E-state index is 0.410. The minimum Gasteiger partial charge on any atom is -0.491 e. The average Bonchev–Trinajstić information content (AvgIpc) is 3.93. The van der Waals surface area contributed by atoms with Crippen LogP contribution in [0.2, 0.25) is 0 Å². The van der Waals surface area contributed by atoms with Crippen molar-refractivity contribution in [3.63, 3.8) is 0 Å².